The predicted octanol–water partition coefficient (Wildman–Crippen LogP) is 2.69. The first-order valence-electron chi connectivity index (χ1n) is 6.24. The molecule has 1 unspecified atom stereocenters. The van der Waals surface area contributed by atoms with Crippen LogP contribution in [0.2, 0.25) is 19.6 Å². The van der Waals surface area contributed by atoms with Gasteiger partial charge in [0.15, 0.2) is 8.32 Å². The first-order valence-corrected chi connectivity index (χ1v) is 11.2. The topological polar surface area (TPSA) is 98.2 Å². The fourth-order valence-electron chi connectivity index (χ4n) is 1.62. The minimum Gasteiger partial charge on any atom is -0.415 e. The summed E-state index contributed by atoms with van der Waals surface area (Å²) in [5.41, 5.74) is 8.28. The first-order chi connectivity index (χ1) is 9.09. The van der Waals surface area contributed by atoms with Gasteiger partial charge in [0.2, 0.25) is 0 Å². The van der Waals surface area contributed by atoms with Gasteiger partial charge < -0.3 is 19.0 Å². The zero-order chi connectivity index (χ0) is 16.0. The highest BCUT2D eigenvalue weighted by atomic mass is 31.2. The number of rotatable bonds is 9. The monoisotopic (exact) mass is 322 g/mol. The number of ketones is 1. The summed E-state index contributed by atoms with van der Waals surface area (Å²) in [4.78, 5) is 14.7. The van der Waals surface area contributed by atoms with Crippen molar-refractivity contribution < 1.29 is 27.6 Å². The second-order valence-corrected chi connectivity index (χ2v) is 11.9. The third-order valence-electron chi connectivity index (χ3n) is 2.42. The molecular weight excluding hydrogens is 299 g/mol. The van der Waals surface area contributed by atoms with Gasteiger partial charge in [0.25, 0.3) is 5.78 Å². The summed E-state index contributed by atoms with van der Waals surface area (Å²) < 4.78 is 27.1. The second-order valence-electron chi connectivity index (χ2n) is 5.29. The van der Waals surface area contributed by atoms with Crippen molar-refractivity contribution in [3.8, 4) is 0 Å². The van der Waals surface area contributed by atoms with E-state index in [9.17, 15) is 9.36 Å². The highest BCUT2D eigenvalue weighted by molar-refractivity contribution is 7.74. The largest absolute Gasteiger partial charge is 0.446 e. The summed E-state index contributed by atoms with van der Waals surface area (Å²) in [6, 6.07) is 0. The van der Waals surface area contributed by atoms with Gasteiger partial charge in [-0.25, -0.2) is 4.57 Å². The molecule has 116 valence electrons. The molecule has 0 radical (unpaired) electrons. The molecule has 0 aromatic heterocycles. The molecule has 0 aromatic carbocycles. The summed E-state index contributed by atoms with van der Waals surface area (Å²) in [6.45, 7) is 8.02. The van der Waals surface area contributed by atoms with E-state index >= 15 is 0 Å². The zero-order valence-corrected chi connectivity index (χ0v) is 14.8. The Morgan fingerprint density at radius 3 is 2.15 bits per heavy atom. The normalized spacial score (nSPS) is 13.7. The molecule has 0 aliphatic heterocycles. The van der Waals surface area contributed by atoms with E-state index in [2.05, 4.69) is 33.5 Å². The summed E-state index contributed by atoms with van der Waals surface area (Å²) in [7, 11) is -3.25. The number of hydrogen-bond donors (Lipinski definition) is 0. The van der Waals surface area contributed by atoms with Crippen LogP contribution in [-0.2, 0) is 22.8 Å². The van der Waals surface area contributed by atoms with Gasteiger partial charge in [0.05, 0.1) is 0 Å². The predicted molar refractivity (Wildman–Crippen MR) is 78.4 cm³/mol. The molecule has 0 saturated carbocycles. The van der Waals surface area contributed by atoms with Crippen molar-refractivity contribution in [2.75, 3.05) is 14.2 Å². The molecular formula is C11H23N2O5PSi. The summed E-state index contributed by atoms with van der Waals surface area (Å²) in [5, 5.41) is 0. The average molecular weight is 322 g/mol. The van der Waals surface area contributed by atoms with Gasteiger partial charge in [-0.05, 0) is 33.0 Å². The molecule has 0 N–H and O–H groups in total. The van der Waals surface area contributed by atoms with Crippen LogP contribution in [0.5, 0.6) is 0 Å². The maximum Gasteiger partial charge on any atom is 0.446 e. The van der Waals surface area contributed by atoms with E-state index in [0.717, 1.165) is 14.2 Å². The van der Waals surface area contributed by atoms with Gasteiger partial charge in [-0.3, -0.25) is 4.79 Å². The Labute approximate surface area is 120 Å². The van der Waals surface area contributed by atoms with Gasteiger partial charge in [-0.1, -0.05) is 0 Å². The molecule has 9 heteroatoms. The van der Waals surface area contributed by atoms with Crippen molar-refractivity contribution in [2.45, 2.75) is 45.5 Å². The molecule has 0 aliphatic carbocycles. The molecule has 7 nitrogen and oxygen atoms in total. The molecule has 1 atom stereocenters. The van der Waals surface area contributed by atoms with Gasteiger partial charge in [0, 0.05) is 26.7 Å². The maximum atomic E-state index is 12.0. The Morgan fingerprint density at radius 2 is 1.80 bits per heavy atom. The minimum absolute atomic E-state index is 0.0434. The molecule has 20 heavy (non-hydrogen) atoms. The van der Waals surface area contributed by atoms with Crippen molar-refractivity contribution in [3.05, 3.63) is 5.53 Å². The van der Waals surface area contributed by atoms with Gasteiger partial charge in [0.1, 0.15) is 0 Å². The number of Topliss-reactive ketones (excluding diaryl/α,β-unsaturated/α-hetero) is 1. The lowest BCUT2D eigenvalue weighted by molar-refractivity contribution is -0.117. The van der Waals surface area contributed by atoms with E-state index in [1.165, 1.54) is 0 Å². The second kappa shape index (κ2) is 7.98. The standard InChI is InChI=1S/C11H23N2O5PSi/c1-9(18-20(4,5)6)7-8-10(14)11(13-12)19(15,16-2)17-3/h9H,7-8H2,1-6H3. The molecule has 0 rings (SSSR count). The van der Waals surface area contributed by atoms with Crippen LogP contribution in [0.4, 0.5) is 0 Å². The highest BCUT2D eigenvalue weighted by Crippen LogP contribution is 2.47. The molecule has 0 aliphatic rings. The smallest absolute Gasteiger partial charge is 0.415 e. The molecule has 0 amide bonds. The highest BCUT2D eigenvalue weighted by Gasteiger charge is 2.43. The zero-order valence-electron chi connectivity index (χ0n) is 12.9. The van der Waals surface area contributed by atoms with Crippen molar-refractivity contribution in [3.63, 3.8) is 0 Å². The molecule has 0 saturated heterocycles. The van der Waals surface area contributed by atoms with E-state index in [1.807, 2.05) is 6.92 Å². The Hall–Kier alpha value is -0.623. The van der Waals surface area contributed by atoms with Crippen molar-refractivity contribution in [1.29, 1.82) is 0 Å². The fraction of sp³-hybridized carbons (Fsp3) is 0.818. The van der Waals surface area contributed by atoms with Crippen LogP contribution >= 0.6 is 7.60 Å². The Balaban J connectivity index is 4.69. The molecule has 0 heterocycles. The van der Waals surface area contributed by atoms with Crippen molar-refractivity contribution in [1.82, 2.24) is 0 Å². The lowest BCUT2D eigenvalue weighted by Crippen LogP contribution is -2.31. The van der Waals surface area contributed by atoms with Crippen LogP contribution < -0.4 is 0 Å². The number of carbonyl (C=O) groups is 1. The first kappa shape index (κ1) is 19.4. The van der Waals surface area contributed by atoms with Crippen molar-refractivity contribution in [2.24, 2.45) is 0 Å². The lowest BCUT2D eigenvalue weighted by Gasteiger charge is -2.23. The van der Waals surface area contributed by atoms with Crippen LogP contribution in [0.3, 0.4) is 0 Å². The Bertz CT molecular complexity index is 435. The lowest BCUT2D eigenvalue weighted by atomic mass is 10.2. The number of carbonyl (C=O) groups excluding carboxylic acids is 1. The van der Waals surface area contributed by atoms with Crippen LogP contribution in [0.25, 0.3) is 5.53 Å². The van der Waals surface area contributed by atoms with E-state index < -0.39 is 27.1 Å². The SMILES string of the molecule is COP(=O)(OC)C(=[N+]=[N-])C(=O)CCC(C)O[Si](C)(C)C. The fourth-order valence-corrected chi connectivity index (χ4v) is 3.97. The molecule has 0 spiro atoms. The molecule has 0 aromatic rings. The molecule has 0 fully saturated rings. The van der Waals surface area contributed by atoms with Gasteiger partial charge in [-0.2, -0.15) is 4.79 Å². The summed E-state index contributed by atoms with van der Waals surface area (Å²) in [6.07, 6.45) is 0.382. The number of hydrogen-bond acceptors (Lipinski definition) is 5. The summed E-state index contributed by atoms with van der Waals surface area (Å²) in [5.74, 6) is -0.578. The van der Waals surface area contributed by atoms with Gasteiger partial charge in [-0.15, -0.1) is 0 Å². The van der Waals surface area contributed by atoms with Gasteiger partial charge >= 0.3 is 13.0 Å². The van der Waals surface area contributed by atoms with Crippen LogP contribution in [0, 0.1) is 0 Å². The Morgan fingerprint density at radius 1 is 1.30 bits per heavy atom. The minimum atomic E-state index is -3.83. The summed E-state index contributed by atoms with van der Waals surface area (Å²) >= 11 is 0. The maximum absolute atomic E-state index is 12.0. The quantitative estimate of drug-likeness (QED) is 0.214. The molecule has 0 bridgehead atoms. The Kier molecular flexibility index (Phi) is 7.73. The van der Waals surface area contributed by atoms with Crippen LogP contribution in [0.15, 0.2) is 0 Å². The third-order valence-corrected chi connectivity index (χ3v) is 5.35. The number of nitrogens with zero attached hydrogens (tertiary/aromatic N) is 2. The van der Waals surface area contributed by atoms with E-state index in [-0.39, 0.29) is 12.5 Å². The third kappa shape index (κ3) is 6.22. The van der Waals surface area contributed by atoms with E-state index in [0.29, 0.717) is 6.42 Å². The van der Waals surface area contributed by atoms with Crippen molar-refractivity contribution >= 4 is 27.1 Å². The van der Waals surface area contributed by atoms with E-state index in [1.54, 1.807) is 0 Å². The average Bonchev–Trinajstić information content (AvgIpc) is 2.34. The van der Waals surface area contributed by atoms with Crippen LogP contribution in [0.1, 0.15) is 19.8 Å². The van der Waals surface area contributed by atoms with E-state index in [4.69, 9.17) is 9.96 Å². The van der Waals surface area contributed by atoms with Crippen LogP contribution in [-0.4, -0.2) is 44.7 Å².